The maximum Gasteiger partial charge on any atom is 0.131 e. The van der Waals surface area contributed by atoms with Crippen LogP contribution >= 0.6 is 11.6 Å². The molecular weight excluding hydrogens is 248 g/mol. The van der Waals surface area contributed by atoms with E-state index in [2.05, 4.69) is 35.8 Å². The summed E-state index contributed by atoms with van der Waals surface area (Å²) in [5.41, 5.74) is 2.21. The molecule has 0 N–H and O–H groups in total. The van der Waals surface area contributed by atoms with Crippen molar-refractivity contribution in [2.75, 3.05) is 25.0 Å². The number of hydrogen-bond donors (Lipinski definition) is 0. The summed E-state index contributed by atoms with van der Waals surface area (Å²) in [5, 5.41) is 4.50. The van der Waals surface area contributed by atoms with Crippen molar-refractivity contribution in [1.29, 1.82) is 0 Å². The van der Waals surface area contributed by atoms with Gasteiger partial charge in [-0.15, -0.1) is 11.6 Å². The number of alkyl halides is 1. The van der Waals surface area contributed by atoms with E-state index in [9.17, 15) is 0 Å². The third kappa shape index (κ3) is 2.24. The smallest absolute Gasteiger partial charge is 0.131 e. The molecule has 2 unspecified atom stereocenters. The Morgan fingerprint density at radius 1 is 1.22 bits per heavy atom. The van der Waals surface area contributed by atoms with Crippen LogP contribution in [0.4, 0.5) is 5.82 Å². The summed E-state index contributed by atoms with van der Waals surface area (Å²) >= 11 is 6.08. The predicted octanol–water partition coefficient (Wildman–Crippen LogP) is 2.00. The van der Waals surface area contributed by atoms with Crippen LogP contribution in [-0.2, 0) is 12.9 Å². The number of hydrogen-bond acceptors (Lipinski definition) is 3. The van der Waals surface area contributed by atoms with E-state index in [0.717, 1.165) is 18.8 Å². The standard InChI is InChI=1S/C13H23ClN4/c1-9-7-18(8-10(2)16(9)4)13-12(6-14)11(3)15-17(13)5/h9-10H,6-8H2,1-5H3. The molecule has 1 aromatic rings. The molecule has 2 atom stereocenters. The predicted molar refractivity (Wildman–Crippen MR) is 76.4 cm³/mol. The molecule has 5 heteroatoms. The van der Waals surface area contributed by atoms with E-state index in [1.54, 1.807) is 0 Å². The van der Waals surface area contributed by atoms with Crippen molar-refractivity contribution < 1.29 is 0 Å². The van der Waals surface area contributed by atoms with E-state index in [0.29, 0.717) is 18.0 Å². The minimum absolute atomic E-state index is 0.532. The maximum absolute atomic E-state index is 6.08. The van der Waals surface area contributed by atoms with E-state index in [1.807, 2.05) is 18.7 Å². The Hall–Kier alpha value is -0.740. The van der Waals surface area contributed by atoms with Crippen molar-refractivity contribution in [3.8, 4) is 0 Å². The molecule has 102 valence electrons. The second-order valence-electron chi connectivity index (χ2n) is 5.41. The maximum atomic E-state index is 6.08. The molecule has 0 radical (unpaired) electrons. The molecule has 0 amide bonds. The van der Waals surface area contributed by atoms with Gasteiger partial charge >= 0.3 is 0 Å². The molecule has 1 aliphatic heterocycles. The average molecular weight is 271 g/mol. The number of nitrogens with zero attached hydrogens (tertiary/aromatic N) is 4. The van der Waals surface area contributed by atoms with Crippen LogP contribution in [0.2, 0.25) is 0 Å². The summed E-state index contributed by atoms with van der Waals surface area (Å²) in [6, 6.07) is 1.10. The number of rotatable bonds is 2. The Balaban J connectivity index is 2.32. The van der Waals surface area contributed by atoms with E-state index >= 15 is 0 Å². The molecule has 1 saturated heterocycles. The summed E-state index contributed by atoms with van der Waals surface area (Å²) < 4.78 is 1.97. The quantitative estimate of drug-likeness (QED) is 0.769. The monoisotopic (exact) mass is 270 g/mol. The second kappa shape index (κ2) is 5.10. The fourth-order valence-corrected chi connectivity index (χ4v) is 3.13. The summed E-state index contributed by atoms with van der Waals surface area (Å²) in [5.74, 6) is 1.72. The highest BCUT2D eigenvalue weighted by Gasteiger charge is 2.29. The van der Waals surface area contributed by atoms with Gasteiger partial charge in [0, 0.05) is 37.8 Å². The molecule has 0 bridgehead atoms. The molecule has 1 aromatic heterocycles. The van der Waals surface area contributed by atoms with Gasteiger partial charge in [-0.25, -0.2) is 0 Å². The zero-order chi connectivity index (χ0) is 13.4. The second-order valence-corrected chi connectivity index (χ2v) is 5.68. The number of likely N-dealkylation sites (N-methyl/N-ethyl adjacent to an activating group) is 1. The summed E-state index contributed by atoms with van der Waals surface area (Å²) in [6.45, 7) is 8.63. The lowest BCUT2D eigenvalue weighted by atomic mass is 10.1. The first-order valence-electron chi connectivity index (χ1n) is 6.51. The minimum Gasteiger partial charge on any atom is -0.353 e. The van der Waals surface area contributed by atoms with Crippen LogP contribution in [0, 0.1) is 6.92 Å². The van der Waals surface area contributed by atoms with Gasteiger partial charge in [0.2, 0.25) is 0 Å². The van der Waals surface area contributed by atoms with Gasteiger partial charge in [-0.1, -0.05) is 0 Å². The van der Waals surface area contributed by atoms with Gasteiger partial charge in [-0.3, -0.25) is 9.58 Å². The number of aromatic nitrogens is 2. The van der Waals surface area contributed by atoms with Crippen molar-refractivity contribution in [3.05, 3.63) is 11.3 Å². The van der Waals surface area contributed by atoms with Crippen LogP contribution < -0.4 is 4.90 Å². The Morgan fingerprint density at radius 2 is 1.78 bits per heavy atom. The average Bonchev–Trinajstić information content (AvgIpc) is 2.59. The fraction of sp³-hybridized carbons (Fsp3) is 0.769. The Bertz CT molecular complexity index is 417. The third-order valence-corrected chi connectivity index (χ3v) is 4.37. The summed E-state index contributed by atoms with van der Waals surface area (Å²) in [6.07, 6.45) is 0. The van der Waals surface area contributed by atoms with Crippen molar-refractivity contribution in [2.24, 2.45) is 7.05 Å². The molecule has 1 fully saturated rings. The SMILES string of the molecule is Cc1nn(C)c(N2CC(C)N(C)C(C)C2)c1CCl. The van der Waals surface area contributed by atoms with Crippen molar-refractivity contribution in [2.45, 2.75) is 38.7 Å². The van der Waals surface area contributed by atoms with Gasteiger partial charge in [-0.05, 0) is 27.8 Å². The lowest BCUT2D eigenvalue weighted by Crippen LogP contribution is -2.55. The molecule has 0 aromatic carbocycles. The van der Waals surface area contributed by atoms with Gasteiger partial charge in [-0.2, -0.15) is 5.10 Å². The van der Waals surface area contributed by atoms with Crippen LogP contribution in [0.5, 0.6) is 0 Å². The van der Waals surface area contributed by atoms with Crippen LogP contribution in [0.3, 0.4) is 0 Å². The van der Waals surface area contributed by atoms with Crippen LogP contribution in [0.25, 0.3) is 0 Å². The van der Waals surface area contributed by atoms with Crippen molar-refractivity contribution >= 4 is 17.4 Å². The van der Waals surface area contributed by atoms with Crippen LogP contribution in [0.15, 0.2) is 0 Å². The first-order chi connectivity index (χ1) is 8.45. The summed E-state index contributed by atoms with van der Waals surface area (Å²) in [7, 11) is 4.20. The normalized spacial score (nSPS) is 25.8. The number of anilines is 1. The number of aryl methyl sites for hydroxylation is 2. The third-order valence-electron chi connectivity index (χ3n) is 4.11. The van der Waals surface area contributed by atoms with Crippen molar-refractivity contribution in [3.63, 3.8) is 0 Å². The van der Waals surface area contributed by atoms with Crippen LogP contribution in [-0.4, -0.2) is 46.9 Å². The van der Waals surface area contributed by atoms with Crippen molar-refractivity contribution in [1.82, 2.24) is 14.7 Å². The van der Waals surface area contributed by atoms with E-state index in [1.165, 1.54) is 11.4 Å². The lowest BCUT2D eigenvalue weighted by molar-refractivity contribution is 0.169. The van der Waals surface area contributed by atoms with Gasteiger partial charge < -0.3 is 4.90 Å². The first kappa shape index (κ1) is 13.7. The molecule has 0 aliphatic carbocycles. The van der Waals surface area contributed by atoms with Gasteiger partial charge in [0.15, 0.2) is 0 Å². The Labute approximate surface area is 115 Å². The van der Waals surface area contributed by atoms with E-state index in [-0.39, 0.29) is 0 Å². The zero-order valence-electron chi connectivity index (χ0n) is 11.9. The topological polar surface area (TPSA) is 24.3 Å². The molecule has 1 aliphatic rings. The highest BCUT2D eigenvalue weighted by Crippen LogP contribution is 2.28. The molecule has 0 saturated carbocycles. The van der Waals surface area contributed by atoms with Gasteiger partial charge in [0.05, 0.1) is 11.6 Å². The largest absolute Gasteiger partial charge is 0.353 e. The molecule has 0 spiro atoms. The zero-order valence-corrected chi connectivity index (χ0v) is 12.7. The van der Waals surface area contributed by atoms with Gasteiger partial charge in [0.25, 0.3) is 0 Å². The Morgan fingerprint density at radius 3 is 2.28 bits per heavy atom. The lowest BCUT2D eigenvalue weighted by Gasteiger charge is -2.43. The Kier molecular flexibility index (Phi) is 3.87. The minimum atomic E-state index is 0.532. The van der Waals surface area contributed by atoms with E-state index < -0.39 is 0 Å². The highest BCUT2D eigenvalue weighted by molar-refractivity contribution is 6.17. The molecule has 4 nitrogen and oxygen atoms in total. The molecule has 2 heterocycles. The number of halogens is 1. The summed E-state index contributed by atoms with van der Waals surface area (Å²) in [4.78, 5) is 4.85. The first-order valence-corrected chi connectivity index (χ1v) is 7.04. The molecule has 2 rings (SSSR count). The van der Waals surface area contributed by atoms with Gasteiger partial charge in [0.1, 0.15) is 5.82 Å². The highest BCUT2D eigenvalue weighted by atomic mass is 35.5. The van der Waals surface area contributed by atoms with Crippen LogP contribution in [0.1, 0.15) is 25.1 Å². The molecular formula is C13H23ClN4. The van der Waals surface area contributed by atoms with E-state index in [4.69, 9.17) is 11.6 Å². The number of piperazine rings is 1. The molecule has 18 heavy (non-hydrogen) atoms. The fourth-order valence-electron chi connectivity index (χ4n) is 2.82.